The molecule has 138 valence electrons. The van der Waals surface area contributed by atoms with Gasteiger partial charge in [-0.15, -0.1) is 0 Å². The molecule has 0 saturated heterocycles. The number of hydrogen-bond donors (Lipinski definition) is 2. The summed E-state index contributed by atoms with van der Waals surface area (Å²) in [5, 5.41) is 5.73. The number of carbonyl (C=O) groups excluding carboxylic acids is 1. The van der Waals surface area contributed by atoms with Crippen molar-refractivity contribution in [3.63, 3.8) is 0 Å². The number of nitrogens with one attached hydrogen (secondary N) is 2. The summed E-state index contributed by atoms with van der Waals surface area (Å²) in [6.45, 7) is 1.66. The summed E-state index contributed by atoms with van der Waals surface area (Å²) in [7, 11) is 0. The Kier molecular flexibility index (Phi) is 6.94. The Morgan fingerprint density at radius 1 is 0.923 bits per heavy atom. The molecule has 0 aromatic heterocycles. The molecule has 0 fully saturated rings. The minimum absolute atomic E-state index is 0.132. The first-order chi connectivity index (χ1) is 12.8. The number of rotatable bonds is 8. The van der Waals surface area contributed by atoms with E-state index in [-0.39, 0.29) is 6.03 Å². The molecule has 2 N–H and O–H groups in total. The van der Waals surface area contributed by atoms with Crippen molar-refractivity contribution in [3.8, 4) is 5.75 Å². The Labute approximate surface area is 156 Å². The summed E-state index contributed by atoms with van der Waals surface area (Å²) in [6, 6.07) is 16.5. The molecule has 26 heavy (non-hydrogen) atoms. The van der Waals surface area contributed by atoms with Crippen LogP contribution in [-0.2, 0) is 19.3 Å². The molecule has 0 saturated carbocycles. The number of aryl methyl sites for hydroxylation is 3. The number of hydrogen-bond acceptors (Lipinski definition) is 2. The van der Waals surface area contributed by atoms with Gasteiger partial charge in [-0.1, -0.05) is 36.4 Å². The molecule has 0 heterocycles. The third-order valence-electron chi connectivity index (χ3n) is 4.75. The predicted octanol–water partition coefficient (Wildman–Crippen LogP) is 3.88. The maximum Gasteiger partial charge on any atom is 0.314 e. The van der Waals surface area contributed by atoms with E-state index in [0.717, 1.165) is 25.0 Å². The van der Waals surface area contributed by atoms with Crippen LogP contribution in [0.1, 0.15) is 36.0 Å². The highest BCUT2D eigenvalue weighted by molar-refractivity contribution is 5.73. The van der Waals surface area contributed by atoms with E-state index in [1.54, 1.807) is 0 Å². The smallest absolute Gasteiger partial charge is 0.314 e. The second kappa shape index (κ2) is 9.85. The molecular formula is C22H28N2O2. The third kappa shape index (κ3) is 5.80. The van der Waals surface area contributed by atoms with Crippen LogP contribution < -0.4 is 15.4 Å². The van der Waals surface area contributed by atoms with Crippen molar-refractivity contribution >= 4 is 6.03 Å². The lowest BCUT2D eigenvalue weighted by Crippen LogP contribution is -2.38. The molecule has 3 rings (SSSR count). The maximum absolute atomic E-state index is 11.8. The average molecular weight is 352 g/mol. The Morgan fingerprint density at radius 2 is 1.69 bits per heavy atom. The van der Waals surface area contributed by atoms with Gasteiger partial charge in [0.1, 0.15) is 12.4 Å². The molecule has 0 radical (unpaired) electrons. The van der Waals surface area contributed by atoms with Crippen LogP contribution in [0.15, 0.2) is 48.5 Å². The lowest BCUT2D eigenvalue weighted by Gasteiger charge is -2.17. The molecule has 0 aliphatic heterocycles. The van der Waals surface area contributed by atoms with E-state index in [4.69, 9.17) is 4.74 Å². The van der Waals surface area contributed by atoms with Gasteiger partial charge in [0.05, 0.1) is 6.54 Å². The lowest BCUT2D eigenvalue weighted by molar-refractivity contribution is 0.236. The normalized spacial score (nSPS) is 12.9. The first-order valence-electron chi connectivity index (χ1n) is 9.61. The minimum Gasteiger partial charge on any atom is -0.492 e. The van der Waals surface area contributed by atoms with Crippen LogP contribution in [0.2, 0.25) is 0 Å². The van der Waals surface area contributed by atoms with E-state index in [0.29, 0.717) is 19.7 Å². The highest BCUT2D eigenvalue weighted by Crippen LogP contribution is 2.25. The standard InChI is InChI=1S/C22H28N2O2/c25-22(23-14-6-9-18-7-2-1-3-8-18)24-15-16-26-21-13-12-19-10-4-5-11-20(19)17-21/h1-3,7-8,12-13,17H,4-6,9-11,14-16H2,(H2,23,24,25). The van der Waals surface area contributed by atoms with E-state index < -0.39 is 0 Å². The minimum atomic E-state index is -0.132. The maximum atomic E-state index is 11.8. The van der Waals surface area contributed by atoms with Gasteiger partial charge >= 0.3 is 6.03 Å². The molecule has 4 heteroatoms. The Balaban J connectivity index is 1.27. The van der Waals surface area contributed by atoms with Crippen molar-refractivity contribution in [1.29, 1.82) is 0 Å². The van der Waals surface area contributed by atoms with Crippen molar-refractivity contribution in [2.75, 3.05) is 19.7 Å². The van der Waals surface area contributed by atoms with Crippen LogP contribution in [0, 0.1) is 0 Å². The Hall–Kier alpha value is -2.49. The summed E-state index contributed by atoms with van der Waals surface area (Å²) < 4.78 is 5.76. The number of ether oxygens (including phenoxy) is 1. The average Bonchev–Trinajstić information content (AvgIpc) is 2.69. The SMILES string of the molecule is O=C(NCCCc1ccccc1)NCCOc1ccc2c(c1)CCCC2. The van der Waals surface area contributed by atoms with Crippen molar-refractivity contribution in [3.05, 3.63) is 65.2 Å². The molecule has 2 aromatic carbocycles. The zero-order valence-corrected chi connectivity index (χ0v) is 15.3. The third-order valence-corrected chi connectivity index (χ3v) is 4.75. The molecule has 4 nitrogen and oxygen atoms in total. The van der Waals surface area contributed by atoms with E-state index in [1.165, 1.54) is 36.0 Å². The summed E-state index contributed by atoms with van der Waals surface area (Å²) in [5.41, 5.74) is 4.17. The zero-order valence-electron chi connectivity index (χ0n) is 15.3. The summed E-state index contributed by atoms with van der Waals surface area (Å²) >= 11 is 0. The van der Waals surface area contributed by atoms with Crippen molar-refractivity contribution < 1.29 is 9.53 Å². The molecule has 1 aliphatic carbocycles. The van der Waals surface area contributed by atoms with Gasteiger partial charge in [0, 0.05) is 6.54 Å². The van der Waals surface area contributed by atoms with E-state index in [9.17, 15) is 4.79 Å². The van der Waals surface area contributed by atoms with Gasteiger partial charge in [0.2, 0.25) is 0 Å². The first kappa shape index (κ1) is 18.3. The molecule has 0 spiro atoms. The van der Waals surface area contributed by atoms with Crippen LogP contribution in [0.5, 0.6) is 5.75 Å². The van der Waals surface area contributed by atoms with Crippen LogP contribution in [0.25, 0.3) is 0 Å². The number of carbonyl (C=O) groups is 1. The fraction of sp³-hybridized carbons (Fsp3) is 0.409. The number of urea groups is 1. The van der Waals surface area contributed by atoms with Crippen molar-refractivity contribution in [2.45, 2.75) is 38.5 Å². The van der Waals surface area contributed by atoms with Gasteiger partial charge in [0.25, 0.3) is 0 Å². The van der Waals surface area contributed by atoms with Crippen LogP contribution in [0.3, 0.4) is 0 Å². The highest BCUT2D eigenvalue weighted by Gasteiger charge is 2.09. The number of fused-ring (bicyclic) bond motifs is 1. The van der Waals surface area contributed by atoms with Crippen molar-refractivity contribution in [2.24, 2.45) is 0 Å². The molecular weight excluding hydrogens is 324 g/mol. The van der Waals surface area contributed by atoms with Gasteiger partial charge in [-0.2, -0.15) is 0 Å². The largest absolute Gasteiger partial charge is 0.492 e. The van der Waals surface area contributed by atoms with Crippen LogP contribution in [0.4, 0.5) is 4.79 Å². The van der Waals surface area contributed by atoms with Gasteiger partial charge in [0.15, 0.2) is 0 Å². The fourth-order valence-corrected chi connectivity index (χ4v) is 3.33. The predicted molar refractivity (Wildman–Crippen MR) is 105 cm³/mol. The Morgan fingerprint density at radius 3 is 2.54 bits per heavy atom. The first-order valence-corrected chi connectivity index (χ1v) is 9.61. The van der Waals surface area contributed by atoms with E-state index >= 15 is 0 Å². The van der Waals surface area contributed by atoms with Gasteiger partial charge < -0.3 is 15.4 Å². The van der Waals surface area contributed by atoms with Gasteiger partial charge in [-0.3, -0.25) is 0 Å². The van der Waals surface area contributed by atoms with Crippen molar-refractivity contribution in [1.82, 2.24) is 10.6 Å². The number of benzene rings is 2. The van der Waals surface area contributed by atoms with E-state index in [1.807, 2.05) is 24.3 Å². The molecule has 0 unspecified atom stereocenters. The monoisotopic (exact) mass is 352 g/mol. The van der Waals surface area contributed by atoms with Crippen LogP contribution in [-0.4, -0.2) is 25.7 Å². The fourth-order valence-electron chi connectivity index (χ4n) is 3.33. The summed E-state index contributed by atoms with van der Waals surface area (Å²) in [6.07, 6.45) is 6.80. The molecule has 2 aromatic rings. The second-order valence-electron chi connectivity index (χ2n) is 6.76. The van der Waals surface area contributed by atoms with E-state index in [2.05, 4.69) is 34.9 Å². The Bertz CT molecular complexity index is 701. The molecule has 0 bridgehead atoms. The lowest BCUT2D eigenvalue weighted by atomic mass is 9.92. The van der Waals surface area contributed by atoms with Gasteiger partial charge in [-0.25, -0.2) is 4.79 Å². The van der Waals surface area contributed by atoms with Crippen LogP contribution >= 0.6 is 0 Å². The topological polar surface area (TPSA) is 50.4 Å². The number of amides is 2. The summed E-state index contributed by atoms with van der Waals surface area (Å²) in [5.74, 6) is 0.899. The molecule has 2 amide bonds. The van der Waals surface area contributed by atoms with Gasteiger partial charge in [-0.05, 0) is 67.3 Å². The highest BCUT2D eigenvalue weighted by atomic mass is 16.5. The summed E-state index contributed by atoms with van der Waals surface area (Å²) in [4.78, 5) is 11.8. The molecule has 0 atom stereocenters. The zero-order chi connectivity index (χ0) is 18.0. The second-order valence-corrected chi connectivity index (χ2v) is 6.76. The molecule has 1 aliphatic rings. The quantitative estimate of drug-likeness (QED) is 0.709.